The second kappa shape index (κ2) is 6.50. The smallest absolute Gasteiger partial charge is 0.221 e. The van der Waals surface area contributed by atoms with E-state index in [2.05, 4.69) is 20.8 Å². The van der Waals surface area contributed by atoms with E-state index in [0.717, 1.165) is 25.2 Å². The molecule has 0 aromatic carbocycles. The molecule has 0 spiro atoms. The number of hydrogen-bond acceptors (Lipinski definition) is 2. The quantitative estimate of drug-likeness (QED) is 0.773. The summed E-state index contributed by atoms with van der Waals surface area (Å²) in [7, 11) is 0. The lowest BCUT2D eigenvalue weighted by molar-refractivity contribution is -0.138. The van der Waals surface area contributed by atoms with Crippen molar-refractivity contribution in [3.63, 3.8) is 0 Å². The number of ketones is 1. The molecule has 0 aliphatic heterocycles. The highest BCUT2D eigenvalue weighted by Gasteiger charge is 2.40. The van der Waals surface area contributed by atoms with E-state index in [1.54, 1.807) is 0 Å². The highest BCUT2D eigenvalue weighted by molar-refractivity contribution is 5.91. The normalized spacial score (nSPS) is 19.1. The van der Waals surface area contributed by atoms with Crippen molar-refractivity contribution in [2.24, 2.45) is 34.3 Å². The van der Waals surface area contributed by atoms with Gasteiger partial charge in [-0.3, -0.25) is 9.59 Å². The fraction of sp³-hybridized carbons (Fsp3) is 0.889. The van der Waals surface area contributed by atoms with Crippen LogP contribution in [0.25, 0.3) is 0 Å². The number of amides is 1. The number of carbonyl (C=O) groups excluding carboxylic acids is 2. The minimum atomic E-state index is -0.427. The zero-order valence-electron chi connectivity index (χ0n) is 14.7. The minimum Gasteiger partial charge on any atom is -0.369 e. The van der Waals surface area contributed by atoms with Crippen molar-refractivity contribution in [3.05, 3.63) is 0 Å². The van der Waals surface area contributed by atoms with Crippen LogP contribution >= 0.6 is 0 Å². The molecule has 21 heavy (non-hydrogen) atoms. The van der Waals surface area contributed by atoms with Crippen LogP contribution in [0.5, 0.6) is 0 Å². The van der Waals surface area contributed by atoms with E-state index in [1.165, 1.54) is 12.8 Å². The van der Waals surface area contributed by atoms with Crippen LogP contribution in [-0.2, 0) is 9.59 Å². The third-order valence-corrected chi connectivity index (χ3v) is 4.34. The first kappa shape index (κ1) is 18.2. The maximum Gasteiger partial charge on any atom is 0.221 e. The number of hydrogen-bond donors (Lipinski definition) is 1. The number of carbonyl (C=O) groups is 2. The van der Waals surface area contributed by atoms with E-state index in [4.69, 9.17) is 5.73 Å². The van der Waals surface area contributed by atoms with Crippen LogP contribution in [0.15, 0.2) is 0 Å². The third-order valence-electron chi connectivity index (χ3n) is 4.34. The lowest BCUT2D eigenvalue weighted by Gasteiger charge is -2.34. The molecule has 0 aromatic heterocycles. The summed E-state index contributed by atoms with van der Waals surface area (Å²) in [5.74, 6) is 0.0733. The Bertz CT molecular complexity index is 383. The van der Waals surface area contributed by atoms with Crippen LogP contribution in [0.1, 0.15) is 73.6 Å². The summed E-state index contributed by atoms with van der Waals surface area (Å²) in [6.07, 6.45) is 5.06. The second-order valence-electron chi connectivity index (χ2n) is 9.02. The zero-order valence-corrected chi connectivity index (χ0v) is 14.7. The molecule has 1 saturated carbocycles. The molecule has 2 N–H and O–H groups in total. The van der Waals surface area contributed by atoms with Crippen LogP contribution in [0.3, 0.4) is 0 Å². The Balaban J connectivity index is 2.93. The summed E-state index contributed by atoms with van der Waals surface area (Å²) < 4.78 is 0. The zero-order chi connectivity index (χ0) is 16.4. The Morgan fingerprint density at radius 2 is 1.57 bits per heavy atom. The monoisotopic (exact) mass is 295 g/mol. The van der Waals surface area contributed by atoms with Crippen molar-refractivity contribution < 1.29 is 9.59 Å². The lowest BCUT2D eigenvalue weighted by Crippen LogP contribution is -2.41. The minimum absolute atomic E-state index is 0.0128. The molecule has 1 rings (SSSR count). The summed E-state index contributed by atoms with van der Waals surface area (Å²) in [6.45, 7) is 12.2. The molecule has 2 atom stereocenters. The summed E-state index contributed by atoms with van der Waals surface area (Å²) in [6, 6.07) is 0. The molecular weight excluding hydrogens is 262 g/mol. The van der Waals surface area contributed by atoms with Gasteiger partial charge in [0.1, 0.15) is 5.78 Å². The summed E-state index contributed by atoms with van der Waals surface area (Å²) in [5, 5.41) is 0. The van der Waals surface area contributed by atoms with Crippen LogP contribution < -0.4 is 5.73 Å². The highest BCUT2D eigenvalue weighted by atomic mass is 16.1. The molecule has 0 radical (unpaired) electrons. The molecule has 1 amide bonds. The SMILES string of the molecule is CC(C)(C)C[C@@H](C(=O)C(C)(C)C)[C@H](CCC1CC1)C(N)=O. The Hall–Kier alpha value is -0.860. The van der Waals surface area contributed by atoms with E-state index in [0.29, 0.717) is 0 Å². The average molecular weight is 295 g/mol. The van der Waals surface area contributed by atoms with Crippen molar-refractivity contribution in [1.82, 2.24) is 0 Å². The van der Waals surface area contributed by atoms with Gasteiger partial charge in [0.25, 0.3) is 0 Å². The van der Waals surface area contributed by atoms with E-state index < -0.39 is 5.41 Å². The molecular formula is C18H33NO2. The van der Waals surface area contributed by atoms with Crippen molar-refractivity contribution in [2.75, 3.05) is 0 Å². The molecule has 0 saturated heterocycles. The first-order valence-electron chi connectivity index (χ1n) is 8.25. The van der Waals surface area contributed by atoms with Crippen molar-refractivity contribution >= 4 is 11.7 Å². The first-order chi connectivity index (χ1) is 9.42. The van der Waals surface area contributed by atoms with Crippen LogP contribution in [-0.4, -0.2) is 11.7 Å². The summed E-state index contributed by atoms with van der Waals surface area (Å²) >= 11 is 0. The maximum absolute atomic E-state index is 12.8. The fourth-order valence-electron chi connectivity index (χ4n) is 3.00. The number of Topliss-reactive ketones (excluding diaryl/α,β-unsaturated/α-hetero) is 1. The molecule has 0 heterocycles. The molecule has 0 unspecified atom stereocenters. The second-order valence-corrected chi connectivity index (χ2v) is 9.02. The topological polar surface area (TPSA) is 60.2 Å². The molecule has 1 fully saturated rings. The van der Waals surface area contributed by atoms with Gasteiger partial charge < -0.3 is 5.73 Å². The lowest BCUT2D eigenvalue weighted by atomic mass is 9.69. The van der Waals surface area contributed by atoms with Gasteiger partial charge in [0.2, 0.25) is 5.91 Å². The van der Waals surface area contributed by atoms with Crippen LogP contribution in [0.2, 0.25) is 0 Å². The van der Waals surface area contributed by atoms with Crippen molar-refractivity contribution in [3.8, 4) is 0 Å². The number of rotatable bonds is 7. The van der Waals surface area contributed by atoms with Gasteiger partial charge in [0, 0.05) is 17.3 Å². The average Bonchev–Trinajstić information content (AvgIpc) is 3.07. The van der Waals surface area contributed by atoms with Gasteiger partial charge in [-0.15, -0.1) is 0 Å². The predicted molar refractivity (Wildman–Crippen MR) is 86.7 cm³/mol. The predicted octanol–water partition coefficient (Wildman–Crippen LogP) is 3.95. The molecule has 0 bridgehead atoms. The molecule has 0 aromatic rings. The van der Waals surface area contributed by atoms with E-state index >= 15 is 0 Å². The third kappa shape index (κ3) is 6.19. The Morgan fingerprint density at radius 3 is 1.90 bits per heavy atom. The van der Waals surface area contributed by atoms with Gasteiger partial charge >= 0.3 is 0 Å². The van der Waals surface area contributed by atoms with Crippen molar-refractivity contribution in [1.29, 1.82) is 0 Å². The maximum atomic E-state index is 12.8. The van der Waals surface area contributed by atoms with Crippen molar-refractivity contribution in [2.45, 2.75) is 73.6 Å². The van der Waals surface area contributed by atoms with Gasteiger partial charge in [-0.1, -0.05) is 54.4 Å². The molecule has 122 valence electrons. The highest BCUT2D eigenvalue weighted by Crippen LogP contribution is 2.40. The molecule has 3 heteroatoms. The molecule has 1 aliphatic rings. The Labute approximate surface area is 130 Å². The largest absolute Gasteiger partial charge is 0.369 e. The van der Waals surface area contributed by atoms with Gasteiger partial charge in [-0.25, -0.2) is 0 Å². The summed E-state index contributed by atoms with van der Waals surface area (Å²) in [4.78, 5) is 24.8. The summed E-state index contributed by atoms with van der Waals surface area (Å²) in [5.41, 5.74) is 5.24. The van der Waals surface area contributed by atoms with E-state index in [9.17, 15) is 9.59 Å². The Kier molecular flexibility index (Phi) is 5.63. The standard InChI is InChI=1S/C18H33NO2/c1-17(2,3)11-14(15(20)18(4,5)6)13(16(19)21)10-9-12-7-8-12/h12-14H,7-11H2,1-6H3,(H2,19,21)/t13-,14+/m0/s1. The van der Waals surface area contributed by atoms with E-state index in [1.807, 2.05) is 20.8 Å². The van der Waals surface area contributed by atoms with Gasteiger partial charge in [-0.2, -0.15) is 0 Å². The van der Waals surface area contributed by atoms with Gasteiger partial charge in [0.05, 0.1) is 0 Å². The fourth-order valence-corrected chi connectivity index (χ4v) is 3.00. The van der Waals surface area contributed by atoms with E-state index in [-0.39, 0.29) is 28.9 Å². The van der Waals surface area contributed by atoms with Gasteiger partial charge in [-0.05, 0) is 30.6 Å². The van der Waals surface area contributed by atoms with Crippen LogP contribution in [0.4, 0.5) is 0 Å². The molecule has 1 aliphatic carbocycles. The van der Waals surface area contributed by atoms with Gasteiger partial charge in [0.15, 0.2) is 0 Å². The number of nitrogens with two attached hydrogens (primary N) is 1. The Morgan fingerprint density at radius 1 is 1.05 bits per heavy atom. The number of primary amides is 1. The first-order valence-corrected chi connectivity index (χ1v) is 8.25. The molecule has 3 nitrogen and oxygen atoms in total. The van der Waals surface area contributed by atoms with Crippen LogP contribution in [0, 0.1) is 28.6 Å².